The quantitative estimate of drug-likeness (QED) is 0.241. The molecule has 6 nitrogen and oxygen atoms in total. The first-order valence-corrected chi connectivity index (χ1v) is 14.7. The third kappa shape index (κ3) is 7.79. The van der Waals surface area contributed by atoms with Gasteiger partial charge in [-0.1, -0.05) is 93.0 Å². The van der Waals surface area contributed by atoms with Crippen molar-refractivity contribution >= 4 is 28.2 Å². The van der Waals surface area contributed by atoms with Gasteiger partial charge in [-0.3, -0.25) is 14.0 Å². The van der Waals surface area contributed by atoms with Crippen LogP contribution >= 0.6 is 11.3 Å². The van der Waals surface area contributed by atoms with Crippen molar-refractivity contribution in [2.75, 3.05) is 6.61 Å². The Morgan fingerprint density at radius 2 is 1.72 bits per heavy atom. The lowest BCUT2D eigenvalue weighted by molar-refractivity contribution is -0.140. The highest BCUT2D eigenvalue weighted by Gasteiger charge is 2.17. The molecule has 2 heterocycles. The average molecular weight is 546 g/mol. The van der Waals surface area contributed by atoms with Crippen LogP contribution in [0.3, 0.4) is 0 Å². The molecule has 0 unspecified atom stereocenters. The predicted octanol–water partition coefficient (Wildman–Crippen LogP) is 7.73. The lowest BCUT2D eigenvalue weighted by atomic mass is 9.84. The third-order valence-electron chi connectivity index (χ3n) is 7.11. The van der Waals surface area contributed by atoms with Crippen molar-refractivity contribution < 1.29 is 14.3 Å². The molecule has 1 fully saturated rings. The number of hydrogen-bond acceptors (Lipinski definition) is 5. The van der Waals surface area contributed by atoms with Crippen LogP contribution in [0.2, 0.25) is 0 Å². The van der Waals surface area contributed by atoms with Crippen LogP contribution in [0.15, 0.2) is 60.9 Å². The maximum atomic E-state index is 12.6. The summed E-state index contributed by atoms with van der Waals surface area (Å²) in [5.74, 6) is 0.879. The highest BCUT2D eigenvalue weighted by atomic mass is 32.1. The van der Waals surface area contributed by atoms with Gasteiger partial charge in [-0.2, -0.15) is 0 Å². The number of aromatic nitrogens is 2. The van der Waals surface area contributed by atoms with Crippen molar-refractivity contribution in [1.29, 1.82) is 0 Å². The molecule has 7 heteroatoms. The molecule has 1 saturated carbocycles. The molecule has 1 aliphatic carbocycles. The fourth-order valence-corrected chi connectivity index (χ4v) is 5.86. The zero-order valence-electron chi connectivity index (χ0n) is 23.4. The summed E-state index contributed by atoms with van der Waals surface area (Å²) in [7, 11) is 0. The number of thiazole rings is 1. The Bertz CT molecular complexity index is 1330. The Balaban J connectivity index is 0.000000531. The second kappa shape index (κ2) is 13.6. The van der Waals surface area contributed by atoms with E-state index in [0.717, 1.165) is 16.4 Å². The molecule has 0 radical (unpaired) electrons. The second-order valence-electron chi connectivity index (χ2n) is 10.4. The number of rotatable bonds is 7. The molecular weight excluding hydrogens is 506 g/mol. The van der Waals surface area contributed by atoms with Gasteiger partial charge in [-0.15, -0.1) is 0 Å². The Morgan fingerprint density at radius 3 is 2.28 bits per heavy atom. The SMILES string of the molecule is CC(C)c1ccc(CNC(=O)c2cn3cc(-c4ccc(C5CCCCC5)cc4)sc3n2)cc1.CCOC(C)=O. The van der Waals surface area contributed by atoms with Crippen LogP contribution in [0.5, 0.6) is 0 Å². The Labute approximate surface area is 235 Å². The van der Waals surface area contributed by atoms with Gasteiger partial charge >= 0.3 is 5.97 Å². The maximum absolute atomic E-state index is 12.6. The van der Waals surface area contributed by atoms with E-state index >= 15 is 0 Å². The topological polar surface area (TPSA) is 72.7 Å². The second-order valence-corrected chi connectivity index (χ2v) is 11.4. The summed E-state index contributed by atoms with van der Waals surface area (Å²) in [6.45, 7) is 8.51. The van der Waals surface area contributed by atoms with Crippen LogP contribution < -0.4 is 5.32 Å². The monoisotopic (exact) mass is 545 g/mol. The number of carbonyl (C=O) groups excluding carboxylic acids is 2. The van der Waals surface area contributed by atoms with Gasteiger partial charge in [0.05, 0.1) is 11.5 Å². The van der Waals surface area contributed by atoms with E-state index in [2.05, 4.69) is 83.6 Å². The fourth-order valence-electron chi connectivity index (χ4n) is 4.89. The van der Waals surface area contributed by atoms with Crippen molar-refractivity contribution in [2.24, 2.45) is 0 Å². The molecule has 0 spiro atoms. The van der Waals surface area contributed by atoms with Gasteiger partial charge in [-0.05, 0) is 53.9 Å². The Hall–Kier alpha value is -3.45. The number of carbonyl (C=O) groups is 2. The first kappa shape index (κ1) is 28.6. The van der Waals surface area contributed by atoms with Crippen LogP contribution in [-0.4, -0.2) is 27.9 Å². The van der Waals surface area contributed by atoms with Gasteiger partial charge in [0, 0.05) is 25.9 Å². The Morgan fingerprint density at radius 1 is 1.03 bits per heavy atom. The molecule has 0 atom stereocenters. The van der Waals surface area contributed by atoms with Gasteiger partial charge < -0.3 is 10.1 Å². The summed E-state index contributed by atoms with van der Waals surface area (Å²) in [6, 6.07) is 17.5. The zero-order chi connectivity index (χ0) is 27.8. The number of benzene rings is 2. The first-order chi connectivity index (χ1) is 18.8. The lowest BCUT2D eigenvalue weighted by Crippen LogP contribution is -2.23. The van der Waals surface area contributed by atoms with E-state index in [1.807, 2.05) is 10.6 Å². The number of ether oxygens (including phenoxy) is 1. The standard InChI is InChI=1S/C28H31N3OS.C4H8O2/c1-19(2)21-10-8-20(9-11-21)16-29-27(32)25-17-31-18-26(33-28(31)30-25)24-14-12-23(13-15-24)22-6-4-3-5-7-22;1-3-6-4(2)5/h8-15,17-19,22H,3-7,16H2,1-2H3,(H,29,32);3H2,1-2H3. The lowest BCUT2D eigenvalue weighted by Gasteiger charge is -2.22. The minimum absolute atomic E-state index is 0.141. The van der Waals surface area contributed by atoms with Crippen LogP contribution in [0.1, 0.15) is 98.8 Å². The van der Waals surface area contributed by atoms with Crippen LogP contribution in [-0.2, 0) is 16.1 Å². The van der Waals surface area contributed by atoms with E-state index in [-0.39, 0.29) is 11.9 Å². The molecule has 1 N–H and O–H groups in total. The minimum atomic E-state index is -0.211. The van der Waals surface area contributed by atoms with E-state index in [9.17, 15) is 9.59 Å². The Kier molecular flexibility index (Phi) is 9.93. The molecule has 206 valence electrons. The molecule has 2 aromatic heterocycles. The number of nitrogens with zero attached hydrogens (tertiary/aromatic N) is 2. The largest absolute Gasteiger partial charge is 0.466 e. The summed E-state index contributed by atoms with van der Waals surface area (Å²) < 4.78 is 6.36. The summed E-state index contributed by atoms with van der Waals surface area (Å²) in [6.07, 6.45) is 10.6. The number of nitrogens with one attached hydrogen (secondary N) is 1. The van der Waals surface area contributed by atoms with Crippen LogP contribution in [0.25, 0.3) is 15.4 Å². The highest BCUT2D eigenvalue weighted by Crippen LogP contribution is 2.35. The third-order valence-corrected chi connectivity index (χ3v) is 8.15. The van der Waals surface area contributed by atoms with E-state index in [1.54, 1.807) is 18.3 Å². The van der Waals surface area contributed by atoms with E-state index in [0.29, 0.717) is 24.8 Å². The van der Waals surface area contributed by atoms with Gasteiger partial charge in [0.15, 0.2) is 4.96 Å². The summed E-state index contributed by atoms with van der Waals surface area (Å²) >= 11 is 1.62. The van der Waals surface area contributed by atoms with Gasteiger partial charge in [-0.25, -0.2) is 4.98 Å². The number of esters is 1. The maximum Gasteiger partial charge on any atom is 0.302 e. The summed E-state index contributed by atoms with van der Waals surface area (Å²) in [5, 5.41) is 2.99. The molecule has 0 bridgehead atoms. The summed E-state index contributed by atoms with van der Waals surface area (Å²) in [5.41, 5.74) is 5.53. The van der Waals surface area contributed by atoms with Crippen molar-refractivity contribution in [3.63, 3.8) is 0 Å². The number of imidazole rings is 1. The number of amides is 1. The predicted molar refractivity (Wildman–Crippen MR) is 158 cm³/mol. The molecule has 1 amide bonds. The molecule has 1 aliphatic rings. The molecule has 5 rings (SSSR count). The average Bonchev–Trinajstić information content (AvgIpc) is 3.53. The molecule has 4 aromatic rings. The molecular formula is C32H39N3O3S. The number of fused-ring (bicyclic) bond motifs is 1. The van der Waals surface area contributed by atoms with E-state index in [1.165, 1.54) is 60.6 Å². The van der Waals surface area contributed by atoms with Crippen LogP contribution in [0.4, 0.5) is 0 Å². The van der Waals surface area contributed by atoms with Crippen molar-refractivity contribution in [3.05, 3.63) is 83.3 Å². The van der Waals surface area contributed by atoms with Gasteiger partial charge in [0.25, 0.3) is 5.91 Å². The summed E-state index contributed by atoms with van der Waals surface area (Å²) in [4.78, 5) is 29.0. The highest BCUT2D eigenvalue weighted by molar-refractivity contribution is 7.20. The van der Waals surface area contributed by atoms with E-state index < -0.39 is 0 Å². The van der Waals surface area contributed by atoms with Crippen molar-refractivity contribution in [3.8, 4) is 10.4 Å². The molecule has 0 saturated heterocycles. The van der Waals surface area contributed by atoms with Gasteiger partial charge in [0.1, 0.15) is 5.69 Å². The molecule has 0 aliphatic heterocycles. The normalized spacial score (nSPS) is 13.7. The van der Waals surface area contributed by atoms with E-state index in [4.69, 9.17) is 0 Å². The first-order valence-electron chi connectivity index (χ1n) is 13.9. The zero-order valence-corrected chi connectivity index (χ0v) is 24.2. The minimum Gasteiger partial charge on any atom is -0.466 e. The van der Waals surface area contributed by atoms with Crippen molar-refractivity contribution in [1.82, 2.24) is 14.7 Å². The van der Waals surface area contributed by atoms with Crippen molar-refractivity contribution in [2.45, 2.75) is 78.2 Å². The van der Waals surface area contributed by atoms with Gasteiger partial charge in [0.2, 0.25) is 0 Å². The molecule has 39 heavy (non-hydrogen) atoms. The fraction of sp³-hybridized carbons (Fsp3) is 0.406. The smallest absolute Gasteiger partial charge is 0.302 e. The number of hydrogen-bond donors (Lipinski definition) is 1. The molecule has 2 aromatic carbocycles. The van der Waals surface area contributed by atoms with Crippen LogP contribution in [0, 0.1) is 0 Å².